The number of carboxylic acids is 1. The second-order valence-corrected chi connectivity index (χ2v) is 5.80. The average Bonchev–Trinajstić information content (AvgIpc) is 2.81. The zero-order valence-electron chi connectivity index (χ0n) is 10.3. The van der Waals surface area contributed by atoms with Gasteiger partial charge in [-0.05, 0) is 31.2 Å². The molecule has 1 saturated carbocycles. The van der Waals surface area contributed by atoms with Crippen molar-refractivity contribution in [2.24, 2.45) is 5.92 Å². The molecular formula is C13H17NO3S. The second kappa shape index (κ2) is 5.10. The molecule has 4 nitrogen and oxygen atoms in total. The molecule has 0 saturated heterocycles. The molecule has 1 aliphatic rings. The van der Waals surface area contributed by atoms with Crippen LogP contribution in [0.3, 0.4) is 0 Å². The highest BCUT2D eigenvalue weighted by Gasteiger charge is 2.42. The van der Waals surface area contributed by atoms with Gasteiger partial charge in [0.05, 0.1) is 17.0 Å². The number of hydrogen-bond acceptors (Lipinski definition) is 3. The van der Waals surface area contributed by atoms with Crippen LogP contribution in [0, 0.1) is 5.92 Å². The van der Waals surface area contributed by atoms with E-state index in [-0.39, 0.29) is 5.91 Å². The maximum absolute atomic E-state index is 12.0. The molecule has 1 aliphatic carbocycles. The lowest BCUT2D eigenvalue weighted by Crippen LogP contribution is -2.55. The van der Waals surface area contributed by atoms with Gasteiger partial charge in [-0.1, -0.05) is 12.8 Å². The lowest BCUT2D eigenvalue weighted by molar-refractivity contribution is -0.145. The number of carboxylic acid groups (broad SMARTS) is 1. The maximum atomic E-state index is 12.0. The van der Waals surface area contributed by atoms with Crippen molar-refractivity contribution in [1.29, 1.82) is 0 Å². The number of amides is 1. The summed E-state index contributed by atoms with van der Waals surface area (Å²) in [5.74, 6) is -1.48. The van der Waals surface area contributed by atoms with Gasteiger partial charge in [0.1, 0.15) is 0 Å². The van der Waals surface area contributed by atoms with Crippen molar-refractivity contribution in [2.75, 3.05) is 0 Å². The Morgan fingerprint density at radius 3 is 2.89 bits per heavy atom. The molecule has 1 aromatic rings. The van der Waals surface area contributed by atoms with Crippen molar-refractivity contribution in [3.63, 3.8) is 0 Å². The molecule has 1 heterocycles. The van der Waals surface area contributed by atoms with Gasteiger partial charge < -0.3 is 10.4 Å². The van der Waals surface area contributed by atoms with Crippen LogP contribution in [-0.2, 0) is 4.79 Å². The number of hydrogen-bond donors (Lipinski definition) is 2. The van der Waals surface area contributed by atoms with Crippen LogP contribution in [0.1, 0.15) is 43.0 Å². The highest BCUT2D eigenvalue weighted by Crippen LogP contribution is 2.34. The monoisotopic (exact) mass is 267 g/mol. The zero-order chi connectivity index (χ0) is 13.2. The van der Waals surface area contributed by atoms with E-state index in [2.05, 4.69) is 5.32 Å². The molecule has 0 spiro atoms. The van der Waals surface area contributed by atoms with Crippen LogP contribution < -0.4 is 5.32 Å². The predicted octanol–water partition coefficient (Wildman–Crippen LogP) is 2.51. The summed E-state index contributed by atoms with van der Waals surface area (Å²) in [6, 6.07) is 1.75. The number of carbonyl (C=O) groups excluding carboxylic acids is 1. The van der Waals surface area contributed by atoms with E-state index in [0.29, 0.717) is 12.0 Å². The van der Waals surface area contributed by atoms with Crippen molar-refractivity contribution in [3.05, 3.63) is 22.4 Å². The van der Waals surface area contributed by atoms with Crippen LogP contribution in [0.2, 0.25) is 0 Å². The summed E-state index contributed by atoms with van der Waals surface area (Å²) in [6.45, 7) is 1.84. The Labute approximate surface area is 110 Å². The molecule has 0 aliphatic heterocycles. The number of rotatable bonds is 3. The summed E-state index contributed by atoms with van der Waals surface area (Å²) in [6.07, 6.45) is 3.24. The van der Waals surface area contributed by atoms with Gasteiger partial charge >= 0.3 is 5.97 Å². The molecule has 2 atom stereocenters. The Kier molecular flexibility index (Phi) is 3.71. The molecule has 2 unspecified atom stereocenters. The Balaban J connectivity index is 2.14. The smallest absolute Gasteiger partial charge is 0.308 e. The highest BCUT2D eigenvalue weighted by molar-refractivity contribution is 7.08. The minimum atomic E-state index is -0.817. The summed E-state index contributed by atoms with van der Waals surface area (Å²) < 4.78 is 0. The Hall–Kier alpha value is -1.36. The molecule has 0 radical (unpaired) electrons. The SMILES string of the molecule is CC1(NC(=O)c2ccsc2)CCCCC1C(=O)O. The summed E-state index contributed by atoms with van der Waals surface area (Å²) in [4.78, 5) is 23.3. The topological polar surface area (TPSA) is 66.4 Å². The van der Waals surface area contributed by atoms with Crippen LogP contribution in [0.15, 0.2) is 16.8 Å². The molecule has 1 amide bonds. The molecule has 2 rings (SSSR count). The van der Waals surface area contributed by atoms with Crippen LogP contribution in [0.5, 0.6) is 0 Å². The first kappa shape index (κ1) is 13.1. The first-order valence-electron chi connectivity index (χ1n) is 6.10. The standard InChI is InChI=1S/C13H17NO3S/c1-13(6-3-2-4-10(13)12(16)17)14-11(15)9-5-7-18-8-9/h5,7-8,10H,2-4,6H2,1H3,(H,14,15)(H,16,17). The molecule has 98 valence electrons. The van der Waals surface area contributed by atoms with E-state index in [4.69, 9.17) is 0 Å². The Morgan fingerprint density at radius 2 is 2.28 bits per heavy atom. The van der Waals surface area contributed by atoms with E-state index in [1.54, 1.807) is 11.4 Å². The first-order chi connectivity index (χ1) is 8.53. The minimum Gasteiger partial charge on any atom is -0.481 e. The third-order valence-corrected chi connectivity index (χ3v) is 4.37. The Morgan fingerprint density at radius 1 is 1.50 bits per heavy atom. The fraction of sp³-hybridized carbons (Fsp3) is 0.538. The van der Waals surface area contributed by atoms with E-state index >= 15 is 0 Å². The van der Waals surface area contributed by atoms with Crippen LogP contribution in [-0.4, -0.2) is 22.5 Å². The van der Waals surface area contributed by atoms with Gasteiger partial charge in [-0.3, -0.25) is 9.59 Å². The molecule has 0 bridgehead atoms. The van der Waals surface area contributed by atoms with Crippen molar-refractivity contribution in [3.8, 4) is 0 Å². The number of thiophene rings is 1. The van der Waals surface area contributed by atoms with E-state index in [0.717, 1.165) is 19.3 Å². The first-order valence-corrected chi connectivity index (χ1v) is 7.05. The van der Waals surface area contributed by atoms with E-state index in [9.17, 15) is 14.7 Å². The van der Waals surface area contributed by atoms with E-state index in [1.807, 2.05) is 12.3 Å². The molecular weight excluding hydrogens is 250 g/mol. The quantitative estimate of drug-likeness (QED) is 0.884. The molecule has 0 aromatic carbocycles. The van der Waals surface area contributed by atoms with Crippen molar-refractivity contribution in [1.82, 2.24) is 5.32 Å². The third-order valence-electron chi connectivity index (χ3n) is 3.69. The van der Waals surface area contributed by atoms with Crippen molar-refractivity contribution < 1.29 is 14.7 Å². The third kappa shape index (κ3) is 2.56. The number of nitrogens with one attached hydrogen (secondary N) is 1. The average molecular weight is 267 g/mol. The molecule has 2 N–H and O–H groups in total. The van der Waals surface area contributed by atoms with Crippen LogP contribution in [0.4, 0.5) is 0 Å². The predicted molar refractivity (Wildman–Crippen MR) is 69.8 cm³/mol. The van der Waals surface area contributed by atoms with E-state index < -0.39 is 17.4 Å². The highest BCUT2D eigenvalue weighted by atomic mass is 32.1. The molecule has 18 heavy (non-hydrogen) atoms. The van der Waals surface area contributed by atoms with Gasteiger partial charge in [-0.15, -0.1) is 0 Å². The van der Waals surface area contributed by atoms with Crippen LogP contribution >= 0.6 is 11.3 Å². The normalized spacial score (nSPS) is 27.7. The van der Waals surface area contributed by atoms with Gasteiger partial charge in [-0.2, -0.15) is 11.3 Å². The van der Waals surface area contributed by atoms with Gasteiger partial charge in [0.15, 0.2) is 0 Å². The molecule has 5 heteroatoms. The summed E-state index contributed by atoms with van der Waals surface area (Å²) >= 11 is 1.46. The second-order valence-electron chi connectivity index (χ2n) is 5.02. The van der Waals surface area contributed by atoms with Crippen molar-refractivity contribution >= 4 is 23.2 Å². The largest absolute Gasteiger partial charge is 0.481 e. The fourth-order valence-electron chi connectivity index (χ4n) is 2.60. The maximum Gasteiger partial charge on any atom is 0.308 e. The van der Waals surface area contributed by atoms with Gasteiger partial charge in [0.25, 0.3) is 5.91 Å². The number of carbonyl (C=O) groups is 2. The molecule has 1 fully saturated rings. The van der Waals surface area contributed by atoms with Gasteiger partial charge in [0.2, 0.25) is 0 Å². The fourth-order valence-corrected chi connectivity index (χ4v) is 3.24. The van der Waals surface area contributed by atoms with Gasteiger partial charge in [0, 0.05) is 5.38 Å². The summed E-state index contributed by atoms with van der Waals surface area (Å²) in [5, 5.41) is 15.8. The van der Waals surface area contributed by atoms with Gasteiger partial charge in [-0.25, -0.2) is 0 Å². The molecule has 1 aromatic heterocycles. The summed E-state index contributed by atoms with van der Waals surface area (Å²) in [7, 11) is 0. The van der Waals surface area contributed by atoms with Crippen molar-refractivity contribution in [2.45, 2.75) is 38.1 Å². The van der Waals surface area contributed by atoms with Crippen LogP contribution in [0.25, 0.3) is 0 Å². The lowest BCUT2D eigenvalue weighted by atomic mass is 9.74. The van der Waals surface area contributed by atoms with E-state index in [1.165, 1.54) is 11.3 Å². The summed E-state index contributed by atoms with van der Waals surface area (Å²) in [5.41, 5.74) is -0.0285. The Bertz CT molecular complexity index is 443. The minimum absolute atomic E-state index is 0.174. The zero-order valence-corrected chi connectivity index (χ0v) is 11.1. The number of aliphatic carboxylic acids is 1. The lowest BCUT2D eigenvalue weighted by Gasteiger charge is -2.39.